The fourth-order valence-electron chi connectivity index (χ4n) is 3.92. The number of hydrogen-bond donors (Lipinski definition) is 2. The van der Waals surface area contributed by atoms with Crippen LogP contribution in [-0.2, 0) is 27.8 Å². The van der Waals surface area contributed by atoms with Crippen molar-refractivity contribution < 1.29 is 27.8 Å². The first-order valence-corrected chi connectivity index (χ1v) is 15.5. The molecule has 1 amide bonds. The van der Waals surface area contributed by atoms with E-state index < -0.39 is 18.0 Å². The highest BCUT2D eigenvalue weighted by Gasteiger charge is 2.44. The van der Waals surface area contributed by atoms with Crippen molar-refractivity contribution in [3.05, 3.63) is 109 Å². The average Bonchev–Trinajstić information content (AvgIpc) is 3.00. The molecule has 1 saturated heterocycles. The largest absolute Gasteiger partial charge is 0.358 e. The highest BCUT2D eigenvalue weighted by atomic mass is 31.0. The zero-order valence-electron chi connectivity index (χ0n) is 24.0. The van der Waals surface area contributed by atoms with E-state index in [9.17, 15) is 4.79 Å². The maximum atomic E-state index is 12.0. The summed E-state index contributed by atoms with van der Waals surface area (Å²) in [5, 5.41) is 6.06. The summed E-state index contributed by atoms with van der Waals surface area (Å²) in [6.45, 7) is 4.83. The monoisotopic (exact) mass is 652 g/mol. The molecule has 0 aromatic heterocycles. The average molecular weight is 653 g/mol. The Morgan fingerprint density at radius 3 is 2.07 bits per heavy atom. The van der Waals surface area contributed by atoms with Gasteiger partial charge in [-0.05, 0) is 18.9 Å². The van der Waals surface area contributed by atoms with Crippen LogP contribution < -0.4 is 10.4 Å². The number of ether oxygens (including phenoxy) is 2. The third-order valence-corrected chi connectivity index (χ3v) is 7.95. The molecule has 42 heavy (non-hydrogen) atoms. The molecule has 0 aromatic carbocycles. The smallest absolute Gasteiger partial charge is 0.243 e. The summed E-state index contributed by atoms with van der Waals surface area (Å²) in [5.74, 6) is 0.0770. The molecule has 0 spiro atoms. The van der Waals surface area contributed by atoms with Crippen LogP contribution >= 0.6 is 37.8 Å². The lowest BCUT2D eigenvalue weighted by Crippen LogP contribution is -2.60. The van der Waals surface area contributed by atoms with Crippen LogP contribution in [0.2, 0.25) is 0 Å². The molecule has 230 valence electrons. The number of rotatable bonds is 6. The van der Waals surface area contributed by atoms with Gasteiger partial charge in [0.15, 0.2) is 6.29 Å². The number of carbonyl (C=O) groups excluding carboxylic acids is 1. The molecule has 0 aliphatic carbocycles. The van der Waals surface area contributed by atoms with Gasteiger partial charge in [-0.1, -0.05) is 114 Å². The van der Waals surface area contributed by atoms with Crippen molar-refractivity contribution in [1.82, 2.24) is 10.4 Å². The molecule has 2 rings (SSSR count). The van der Waals surface area contributed by atoms with Crippen LogP contribution in [0.15, 0.2) is 109 Å². The normalized spacial score (nSPS) is 38.6. The van der Waals surface area contributed by atoms with Crippen molar-refractivity contribution in [3.63, 3.8) is 0 Å². The van der Waals surface area contributed by atoms with Crippen molar-refractivity contribution in [3.8, 4) is 0 Å². The number of carbonyl (C=O) groups is 1. The summed E-state index contributed by atoms with van der Waals surface area (Å²) >= 11 is 0. The van der Waals surface area contributed by atoms with E-state index in [-0.39, 0.29) is 36.7 Å². The van der Waals surface area contributed by atoms with Gasteiger partial charge in [-0.2, -0.15) is 0 Å². The molecule has 8 nitrogen and oxygen atoms in total. The molecule has 0 saturated carbocycles. The van der Waals surface area contributed by atoms with E-state index >= 15 is 0 Å². The Labute approximate surface area is 260 Å². The standard InChI is InChI=1S/C30H44N2O6P4/c1-23-17-13-9-5-3-4-6-10-14-18-25(35-29-27(32-39)28(37-41)24(36-40)22-34-29)30(2,38-42)20-16-12-8-7-11-15-19-26(33)31-21-23/h3-20,23-25,27-29,32H,21-22,39-42H2,1-2H3,(H,31,33)/b4-3-,9-5-,10-6-,11-7-,12-8-,17-13-,18-14-,19-15+,20-16+. The highest BCUT2D eigenvalue weighted by Crippen LogP contribution is 2.31. The zero-order valence-corrected chi connectivity index (χ0v) is 28.6. The van der Waals surface area contributed by atoms with E-state index in [1.807, 2.05) is 98.1 Å². The van der Waals surface area contributed by atoms with Gasteiger partial charge in [-0.15, -0.1) is 0 Å². The van der Waals surface area contributed by atoms with E-state index in [2.05, 4.69) is 55.1 Å². The molecule has 2 N–H and O–H groups in total. The number of allylic oxidation sites excluding steroid dienone is 14. The van der Waals surface area contributed by atoms with Gasteiger partial charge in [0.05, 0.1) is 12.6 Å². The fourth-order valence-corrected chi connectivity index (χ4v) is 5.05. The van der Waals surface area contributed by atoms with E-state index in [0.717, 1.165) is 0 Å². The van der Waals surface area contributed by atoms with Gasteiger partial charge in [0.1, 0.15) is 23.9 Å². The molecule has 0 aromatic rings. The molecule has 2 aliphatic heterocycles. The summed E-state index contributed by atoms with van der Waals surface area (Å²) in [5.41, 5.74) is -0.878. The summed E-state index contributed by atoms with van der Waals surface area (Å²) in [6, 6.07) is -0.344. The van der Waals surface area contributed by atoms with Crippen LogP contribution in [0.25, 0.3) is 0 Å². The Morgan fingerprint density at radius 1 is 0.881 bits per heavy atom. The first-order valence-electron chi connectivity index (χ1n) is 13.5. The van der Waals surface area contributed by atoms with E-state index in [4.69, 9.17) is 23.0 Å². The van der Waals surface area contributed by atoms with Gasteiger partial charge < -0.3 is 28.4 Å². The molecule has 11 unspecified atom stereocenters. The molecule has 0 bridgehead atoms. The summed E-state index contributed by atoms with van der Waals surface area (Å²) < 4.78 is 29.6. The van der Waals surface area contributed by atoms with Crippen molar-refractivity contribution in [2.24, 2.45) is 5.92 Å². The van der Waals surface area contributed by atoms with Gasteiger partial charge in [0.25, 0.3) is 0 Å². The maximum Gasteiger partial charge on any atom is 0.243 e. The van der Waals surface area contributed by atoms with Gasteiger partial charge in [0, 0.05) is 41.0 Å². The molecule has 0 radical (unpaired) electrons. The number of amides is 1. The van der Waals surface area contributed by atoms with Crippen LogP contribution in [0, 0.1) is 5.92 Å². The molecular weight excluding hydrogens is 608 g/mol. The lowest BCUT2D eigenvalue weighted by Gasteiger charge is -2.43. The summed E-state index contributed by atoms with van der Waals surface area (Å²) in [6.07, 6.45) is 32.0. The topological polar surface area (TPSA) is 87.3 Å². The highest BCUT2D eigenvalue weighted by molar-refractivity contribution is 7.13. The molecular formula is C30H44N2O6P4. The second-order valence-corrected chi connectivity index (χ2v) is 10.8. The Balaban J connectivity index is 2.33. The van der Waals surface area contributed by atoms with Crippen molar-refractivity contribution >= 4 is 43.7 Å². The zero-order chi connectivity index (χ0) is 30.6. The Kier molecular flexibility index (Phi) is 18.7. The Morgan fingerprint density at radius 2 is 1.48 bits per heavy atom. The van der Waals surface area contributed by atoms with Gasteiger partial charge in [-0.3, -0.25) is 9.88 Å². The lowest BCUT2D eigenvalue weighted by atomic mass is 9.96. The van der Waals surface area contributed by atoms with Gasteiger partial charge in [0.2, 0.25) is 5.91 Å². The minimum absolute atomic E-state index is 0.135. The van der Waals surface area contributed by atoms with Gasteiger partial charge in [-0.25, -0.2) is 0 Å². The van der Waals surface area contributed by atoms with E-state index in [1.54, 1.807) is 12.2 Å². The summed E-state index contributed by atoms with van der Waals surface area (Å²) in [7, 11) is 9.40. The second kappa shape index (κ2) is 21.3. The lowest BCUT2D eigenvalue weighted by molar-refractivity contribution is -0.242. The second-order valence-electron chi connectivity index (χ2n) is 9.66. The predicted molar refractivity (Wildman–Crippen MR) is 184 cm³/mol. The minimum atomic E-state index is -0.878. The minimum Gasteiger partial charge on any atom is -0.358 e. The first kappa shape index (κ1) is 36.8. The molecule has 2 heterocycles. The number of hydrogen-bond acceptors (Lipinski definition) is 7. The molecule has 2 aliphatic rings. The quantitative estimate of drug-likeness (QED) is 0.384. The SMILES string of the molecule is CC1\C=C/C=C\C=C/C=C\C=C/C(OC2OCC(OP)C(OP)C2NP)C(C)(OP)/C=C/C=C\C=C/C=C/C(=O)NC1. The first-order chi connectivity index (χ1) is 20.4. The van der Waals surface area contributed by atoms with Crippen molar-refractivity contribution in [2.45, 2.75) is 50.1 Å². The fraction of sp³-hybridized carbons (Fsp3) is 0.367. The predicted octanol–water partition coefficient (Wildman–Crippen LogP) is 5.16. The van der Waals surface area contributed by atoms with Crippen LogP contribution in [0.3, 0.4) is 0 Å². The third-order valence-electron chi connectivity index (χ3n) is 6.39. The van der Waals surface area contributed by atoms with E-state index in [0.29, 0.717) is 6.54 Å². The van der Waals surface area contributed by atoms with Gasteiger partial charge >= 0.3 is 0 Å². The van der Waals surface area contributed by atoms with Crippen LogP contribution in [0.5, 0.6) is 0 Å². The summed E-state index contributed by atoms with van der Waals surface area (Å²) in [4.78, 5) is 12.0. The molecule has 11 atom stereocenters. The van der Waals surface area contributed by atoms with Crippen LogP contribution in [-0.4, -0.2) is 55.3 Å². The molecule has 12 heteroatoms. The van der Waals surface area contributed by atoms with Crippen LogP contribution in [0.4, 0.5) is 0 Å². The molecule has 1 fully saturated rings. The third kappa shape index (κ3) is 13.1. The Hall–Kier alpha value is -1.39. The Bertz CT molecular complexity index is 1090. The maximum absolute atomic E-state index is 12.0. The van der Waals surface area contributed by atoms with Crippen LogP contribution in [0.1, 0.15) is 13.8 Å². The van der Waals surface area contributed by atoms with Crippen molar-refractivity contribution in [1.29, 1.82) is 0 Å². The number of nitrogens with one attached hydrogen (secondary N) is 2. The van der Waals surface area contributed by atoms with E-state index in [1.165, 1.54) is 6.08 Å². The van der Waals surface area contributed by atoms with Crippen molar-refractivity contribution in [2.75, 3.05) is 13.2 Å².